The van der Waals surface area contributed by atoms with E-state index in [0.717, 1.165) is 5.56 Å². The van der Waals surface area contributed by atoms with Crippen molar-refractivity contribution in [2.75, 3.05) is 5.73 Å². The third-order valence-corrected chi connectivity index (χ3v) is 2.56. The summed E-state index contributed by atoms with van der Waals surface area (Å²) in [4.78, 5) is 8.24. The summed E-state index contributed by atoms with van der Waals surface area (Å²) >= 11 is 0. The number of nitrogens with one attached hydrogen (secondary N) is 1. The molecule has 0 aromatic carbocycles. The lowest BCUT2D eigenvalue weighted by atomic mass is 9.99. The Morgan fingerprint density at radius 2 is 2.12 bits per heavy atom. The van der Waals surface area contributed by atoms with Crippen molar-refractivity contribution >= 4 is 17.5 Å². The Balaban J connectivity index is 2.69. The highest BCUT2D eigenvalue weighted by Gasteiger charge is 2.25. The zero-order valence-electron chi connectivity index (χ0n) is 9.23. The number of hydrogen-bond acceptors (Lipinski definition) is 6. The van der Waals surface area contributed by atoms with Gasteiger partial charge in [-0.25, -0.2) is 9.98 Å². The molecule has 6 nitrogen and oxygen atoms in total. The number of nitrogen functional groups attached to an aromatic ring is 1. The van der Waals surface area contributed by atoms with E-state index >= 15 is 0 Å². The predicted molar refractivity (Wildman–Crippen MR) is 62.1 cm³/mol. The van der Waals surface area contributed by atoms with Crippen molar-refractivity contribution in [3.63, 3.8) is 0 Å². The van der Waals surface area contributed by atoms with Gasteiger partial charge in [0, 0.05) is 6.20 Å². The van der Waals surface area contributed by atoms with E-state index in [0.29, 0.717) is 11.3 Å². The summed E-state index contributed by atoms with van der Waals surface area (Å²) in [6.45, 7) is 4.04. The van der Waals surface area contributed by atoms with Gasteiger partial charge in [-0.3, -0.25) is 0 Å². The van der Waals surface area contributed by atoms with Crippen molar-refractivity contribution in [3.8, 4) is 0 Å². The van der Waals surface area contributed by atoms with E-state index in [4.69, 9.17) is 11.5 Å². The van der Waals surface area contributed by atoms with E-state index in [9.17, 15) is 5.11 Å². The molecule has 16 heavy (non-hydrogen) atoms. The zero-order valence-corrected chi connectivity index (χ0v) is 9.23. The molecule has 6 heteroatoms. The van der Waals surface area contributed by atoms with E-state index in [2.05, 4.69) is 15.3 Å². The van der Waals surface area contributed by atoms with Crippen molar-refractivity contribution in [2.45, 2.75) is 26.0 Å². The molecule has 0 amide bonds. The van der Waals surface area contributed by atoms with Crippen LogP contribution in [0, 0.1) is 0 Å². The maximum atomic E-state index is 9.83. The number of aliphatic hydroxyl groups excluding tert-OH is 1. The summed E-state index contributed by atoms with van der Waals surface area (Å²) < 4.78 is 0. The van der Waals surface area contributed by atoms with E-state index in [1.807, 2.05) is 13.8 Å². The van der Waals surface area contributed by atoms with Gasteiger partial charge in [-0.15, -0.1) is 0 Å². The molecule has 1 aromatic rings. The van der Waals surface area contributed by atoms with E-state index in [-0.39, 0.29) is 17.7 Å². The number of fused-ring (bicyclic) bond motifs is 1. The highest BCUT2D eigenvalue weighted by Crippen LogP contribution is 2.37. The molecule has 1 atom stereocenters. The van der Waals surface area contributed by atoms with Crippen LogP contribution in [0.4, 0.5) is 11.5 Å². The van der Waals surface area contributed by atoms with E-state index < -0.39 is 6.23 Å². The second kappa shape index (κ2) is 3.64. The van der Waals surface area contributed by atoms with Crippen LogP contribution in [0.2, 0.25) is 0 Å². The van der Waals surface area contributed by atoms with Gasteiger partial charge in [-0.05, 0) is 11.5 Å². The molecule has 6 N–H and O–H groups in total. The molecule has 1 aliphatic heterocycles. The average molecular weight is 221 g/mol. The van der Waals surface area contributed by atoms with Crippen LogP contribution in [-0.2, 0) is 0 Å². The Bertz CT molecular complexity index is 455. The van der Waals surface area contributed by atoms with Crippen molar-refractivity contribution in [1.82, 2.24) is 10.3 Å². The first kappa shape index (κ1) is 10.7. The number of guanidine groups is 1. The minimum Gasteiger partial charge on any atom is -0.383 e. The number of aliphatic hydroxyl groups is 1. The Morgan fingerprint density at radius 3 is 2.75 bits per heavy atom. The number of aromatic nitrogens is 1. The molecule has 0 radical (unpaired) electrons. The summed E-state index contributed by atoms with van der Waals surface area (Å²) in [5, 5.41) is 12.4. The van der Waals surface area contributed by atoms with Gasteiger partial charge in [0.1, 0.15) is 5.82 Å². The maximum absolute atomic E-state index is 9.83. The summed E-state index contributed by atoms with van der Waals surface area (Å²) in [7, 11) is 0. The van der Waals surface area contributed by atoms with E-state index in [1.165, 1.54) is 0 Å². The smallest absolute Gasteiger partial charge is 0.196 e. The molecule has 0 fully saturated rings. The Labute approximate surface area is 93.4 Å². The maximum Gasteiger partial charge on any atom is 0.196 e. The van der Waals surface area contributed by atoms with Crippen LogP contribution in [0.1, 0.15) is 37.1 Å². The lowest BCUT2D eigenvalue weighted by molar-refractivity contribution is 0.161. The first-order chi connectivity index (χ1) is 7.50. The Hall–Kier alpha value is -1.82. The lowest BCUT2D eigenvalue weighted by Crippen LogP contribution is -2.37. The molecule has 0 saturated carbocycles. The molecule has 1 aliphatic rings. The van der Waals surface area contributed by atoms with Crippen LogP contribution in [-0.4, -0.2) is 16.1 Å². The molecule has 1 aromatic heterocycles. The second-order valence-electron chi connectivity index (χ2n) is 4.06. The SMILES string of the molecule is CC(C)c1cnc(N)c2c1N=C(N)NC2O. The molecular formula is C10H15N5O. The molecule has 1 unspecified atom stereocenters. The lowest BCUT2D eigenvalue weighted by Gasteiger charge is -2.24. The van der Waals surface area contributed by atoms with Crippen LogP contribution in [0.25, 0.3) is 0 Å². The first-order valence-electron chi connectivity index (χ1n) is 5.07. The van der Waals surface area contributed by atoms with Crippen molar-refractivity contribution in [2.24, 2.45) is 10.7 Å². The van der Waals surface area contributed by atoms with Crippen molar-refractivity contribution in [3.05, 3.63) is 17.3 Å². The van der Waals surface area contributed by atoms with Gasteiger partial charge in [0.15, 0.2) is 12.2 Å². The normalized spacial score (nSPS) is 19.0. The van der Waals surface area contributed by atoms with E-state index in [1.54, 1.807) is 6.20 Å². The van der Waals surface area contributed by atoms with Crippen molar-refractivity contribution in [1.29, 1.82) is 0 Å². The van der Waals surface area contributed by atoms with Crippen LogP contribution < -0.4 is 16.8 Å². The highest BCUT2D eigenvalue weighted by atomic mass is 16.3. The average Bonchev–Trinajstić information content (AvgIpc) is 2.15. The minimum absolute atomic E-state index is 0.188. The third-order valence-electron chi connectivity index (χ3n) is 2.56. The topological polar surface area (TPSA) is 110 Å². The first-order valence-corrected chi connectivity index (χ1v) is 5.07. The zero-order chi connectivity index (χ0) is 11.9. The van der Waals surface area contributed by atoms with Crippen molar-refractivity contribution < 1.29 is 5.11 Å². The quantitative estimate of drug-likeness (QED) is 0.546. The number of rotatable bonds is 1. The Kier molecular flexibility index (Phi) is 2.43. The number of pyridine rings is 1. The summed E-state index contributed by atoms with van der Waals surface area (Å²) in [6, 6.07) is 0. The Morgan fingerprint density at radius 1 is 1.44 bits per heavy atom. The number of hydrogen-bond donors (Lipinski definition) is 4. The van der Waals surface area contributed by atoms with Gasteiger partial charge in [-0.1, -0.05) is 13.8 Å². The van der Waals surface area contributed by atoms with Crippen LogP contribution in [0.5, 0.6) is 0 Å². The van der Waals surface area contributed by atoms with Crippen LogP contribution in [0.15, 0.2) is 11.2 Å². The molecule has 86 valence electrons. The van der Waals surface area contributed by atoms with Crippen LogP contribution in [0.3, 0.4) is 0 Å². The molecule has 0 spiro atoms. The second-order valence-corrected chi connectivity index (χ2v) is 4.06. The van der Waals surface area contributed by atoms with Gasteiger partial charge in [0.05, 0.1) is 11.3 Å². The fourth-order valence-corrected chi connectivity index (χ4v) is 1.73. The van der Waals surface area contributed by atoms with Crippen LogP contribution >= 0.6 is 0 Å². The summed E-state index contributed by atoms with van der Waals surface area (Å²) in [5.41, 5.74) is 13.4. The number of aliphatic imine (C=N–C) groups is 1. The molecule has 2 rings (SSSR count). The fourth-order valence-electron chi connectivity index (χ4n) is 1.73. The molecule has 0 bridgehead atoms. The number of nitrogens with zero attached hydrogens (tertiary/aromatic N) is 2. The molecule has 0 aliphatic carbocycles. The highest BCUT2D eigenvalue weighted by molar-refractivity contribution is 5.86. The van der Waals surface area contributed by atoms with Gasteiger partial charge in [-0.2, -0.15) is 0 Å². The van der Waals surface area contributed by atoms with Gasteiger partial charge < -0.3 is 21.9 Å². The largest absolute Gasteiger partial charge is 0.383 e. The monoisotopic (exact) mass is 221 g/mol. The molecule has 2 heterocycles. The minimum atomic E-state index is -0.946. The van der Waals surface area contributed by atoms with Gasteiger partial charge >= 0.3 is 0 Å². The predicted octanol–water partition coefficient (Wildman–Crippen LogP) is 0.328. The van der Waals surface area contributed by atoms with Gasteiger partial charge in [0.25, 0.3) is 0 Å². The number of anilines is 1. The summed E-state index contributed by atoms with van der Waals surface area (Å²) in [5.74, 6) is 0.701. The molecular weight excluding hydrogens is 206 g/mol. The fraction of sp³-hybridized carbons (Fsp3) is 0.400. The summed E-state index contributed by atoms with van der Waals surface area (Å²) in [6.07, 6.45) is 0.729. The standard InChI is InChI=1S/C10H15N5O/c1-4(2)5-3-13-8(11)6-7(5)14-10(12)15-9(6)16/h3-4,9,16H,1-2H3,(H2,11,13)(H3,12,14,15). The third kappa shape index (κ3) is 1.57. The van der Waals surface area contributed by atoms with Gasteiger partial charge in [0.2, 0.25) is 0 Å². The molecule has 0 saturated heterocycles. The number of nitrogens with two attached hydrogens (primary N) is 2.